The second-order valence-corrected chi connectivity index (χ2v) is 14.7. The molecule has 2 aliphatic carbocycles. The molecule has 2 saturated carbocycles. The maximum Gasteiger partial charge on any atom is 0.408 e. The Hall–Kier alpha value is -4.20. The third-order valence-corrected chi connectivity index (χ3v) is 10.2. The van der Waals surface area contributed by atoms with Gasteiger partial charge in [0.15, 0.2) is 5.78 Å². The number of likely N-dealkylation sites (tertiary alicyclic amines) is 1. The second-order valence-electron chi connectivity index (χ2n) is 14.2. The number of hydrogen-bond acceptors (Lipinski definition) is 10. The lowest BCUT2D eigenvalue weighted by Crippen LogP contribution is -2.59. The summed E-state index contributed by atoms with van der Waals surface area (Å²) in [5, 5.41) is 6.27. The summed E-state index contributed by atoms with van der Waals surface area (Å²) in [7, 11) is 2.77. The van der Waals surface area contributed by atoms with Crippen LogP contribution in [0, 0.1) is 11.3 Å². The minimum absolute atomic E-state index is 0.0271. The molecule has 1 saturated heterocycles. The van der Waals surface area contributed by atoms with Crippen molar-refractivity contribution in [3.8, 4) is 11.5 Å². The van der Waals surface area contributed by atoms with E-state index in [1.165, 1.54) is 19.1 Å². The lowest BCUT2D eigenvalue weighted by molar-refractivity contribution is -0.148. The molecule has 0 bridgehead atoms. The number of nitrogens with zero attached hydrogens (tertiary/aromatic N) is 2. The third kappa shape index (κ3) is 7.74. The average Bonchev–Trinajstić information content (AvgIpc) is 3.36. The summed E-state index contributed by atoms with van der Waals surface area (Å²) >= 11 is 3.21. The van der Waals surface area contributed by atoms with Crippen molar-refractivity contribution in [1.82, 2.24) is 20.5 Å². The summed E-state index contributed by atoms with van der Waals surface area (Å²) < 4.78 is 22.5. The first-order chi connectivity index (χ1) is 23.7. The van der Waals surface area contributed by atoms with Crippen LogP contribution in [0.1, 0.15) is 69.8 Å². The standard InChI is InChI=1S/C36H45BrN4O9/c1-7-20-17-36(20,33(45)48-6)40-31(43)27-15-23(49-29-16-26(28(42)18-37)38-25-14-22(47-5)12-13-24(25)29)19-41(27)32(44)30(35(2,3)4)39-34(46)50-21-10-8-9-11-21/h7,12-14,16,20-21,23,27,30H,1,8-11,15,17-19H2,2-6H3,(H,39,46)(H,40,43)/t20-,23-,27+,30-,36-/m1/s1. The van der Waals surface area contributed by atoms with E-state index < -0.39 is 53.0 Å². The Labute approximate surface area is 299 Å². The topological polar surface area (TPSA) is 162 Å². The summed E-state index contributed by atoms with van der Waals surface area (Å²) in [4.78, 5) is 73.1. The van der Waals surface area contributed by atoms with Crippen LogP contribution in [0.5, 0.6) is 11.5 Å². The molecular weight excluding hydrogens is 712 g/mol. The van der Waals surface area contributed by atoms with E-state index in [0.717, 1.165) is 25.7 Å². The highest BCUT2D eigenvalue weighted by Crippen LogP contribution is 2.45. The molecule has 1 aliphatic heterocycles. The van der Waals surface area contributed by atoms with Crippen LogP contribution in [0.15, 0.2) is 36.9 Å². The number of ketones is 1. The van der Waals surface area contributed by atoms with E-state index in [1.54, 1.807) is 30.3 Å². The fourth-order valence-electron chi connectivity index (χ4n) is 6.78. The van der Waals surface area contributed by atoms with Crippen molar-refractivity contribution < 1.29 is 42.9 Å². The van der Waals surface area contributed by atoms with E-state index in [1.807, 2.05) is 20.8 Å². The Morgan fingerprint density at radius 3 is 2.44 bits per heavy atom. The smallest absolute Gasteiger partial charge is 0.408 e. The lowest BCUT2D eigenvalue weighted by atomic mass is 9.85. The molecule has 3 fully saturated rings. The zero-order valence-corrected chi connectivity index (χ0v) is 30.7. The zero-order chi connectivity index (χ0) is 36.4. The number of hydrogen-bond donors (Lipinski definition) is 2. The van der Waals surface area contributed by atoms with E-state index in [9.17, 15) is 24.0 Å². The third-order valence-electron chi connectivity index (χ3n) is 9.67. The Morgan fingerprint density at radius 1 is 1.12 bits per heavy atom. The van der Waals surface area contributed by atoms with Crippen LogP contribution in [0.2, 0.25) is 0 Å². The molecule has 1 aromatic heterocycles. The minimum Gasteiger partial charge on any atom is -0.497 e. The van der Waals surface area contributed by atoms with Gasteiger partial charge in [0.1, 0.15) is 47.0 Å². The SMILES string of the molecule is C=C[C@@H]1C[C@]1(NC(=O)[C@@H]1C[C@@H](Oc2cc(C(=O)CBr)nc3cc(OC)ccc23)CN1C(=O)[C@@H](NC(=O)OC1CCCC1)C(C)(C)C)C(=O)OC. The van der Waals surface area contributed by atoms with Crippen LogP contribution in [-0.4, -0.2) is 95.5 Å². The molecule has 50 heavy (non-hydrogen) atoms. The molecule has 5 atom stereocenters. The predicted octanol–water partition coefficient (Wildman–Crippen LogP) is 4.49. The number of rotatable bonds is 12. The van der Waals surface area contributed by atoms with Crippen LogP contribution < -0.4 is 20.1 Å². The monoisotopic (exact) mass is 756 g/mol. The molecule has 2 aromatic rings. The molecule has 270 valence electrons. The Kier molecular flexibility index (Phi) is 11.1. The van der Waals surface area contributed by atoms with Gasteiger partial charge in [0, 0.05) is 29.9 Å². The number of methoxy groups -OCH3 is 2. The first-order valence-electron chi connectivity index (χ1n) is 16.8. The van der Waals surface area contributed by atoms with Gasteiger partial charge in [-0.05, 0) is 49.7 Å². The fourth-order valence-corrected chi connectivity index (χ4v) is 7.06. The summed E-state index contributed by atoms with van der Waals surface area (Å²) in [5.41, 5.74) is -1.43. The highest BCUT2D eigenvalue weighted by Gasteiger charge is 2.62. The summed E-state index contributed by atoms with van der Waals surface area (Å²) in [5.74, 6) is -1.40. The molecule has 5 rings (SSSR count). The van der Waals surface area contributed by atoms with Gasteiger partial charge in [-0.15, -0.1) is 6.58 Å². The highest BCUT2D eigenvalue weighted by atomic mass is 79.9. The van der Waals surface area contributed by atoms with Crippen LogP contribution in [0.4, 0.5) is 4.79 Å². The highest BCUT2D eigenvalue weighted by molar-refractivity contribution is 9.09. The van der Waals surface area contributed by atoms with E-state index in [2.05, 4.69) is 38.1 Å². The number of pyridine rings is 1. The number of carbonyl (C=O) groups is 5. The van der Waals surface area contributed by atoms with Gasteiger partial charge in [0.2, 0.25) is 11.8 Å². The first-order valence-corrected chi connectivity index (χ1v) is 17.9. The van der Waals surface area contributed by atoms with Crippen molar-refractivity contribution in [2.24, 2.45) is 11.3 Å². The van der Waals surface area contributed by atoms with E-state index in [0.29, 0.717) is 28.8 Å². The molecular formula is C36H45BrN4O9. The number of esters is 1. The number of halogens is 1. The van der Waals surface area contributed by atoms with E-state index in [4.69, 9.17) is 18.9 Å². The number of ether oxygens (including phenoxy) is 4. The molecule has 0 unspecified atom stereocenters. The Balaban J connectivity index is 1.47. The largest absolute Gasteiger partial charge is 0.497 e. The van der Waals surface area contributed by atoms with Crippen LogP contribution in [-0.2, 0) is 23.9 Å². The van der Waals surface area contributed by atoms with Crippen molar-refractivity contribution in [3.63, 3.8) is 0 Å². The van der Waals surface area contributed by atoms with Gasteiger partial charge in [-0.25, -0.2) is 14.6 Å². The first kappa shape index (κ1) is 37.1. The zero-order valence-electron chi connectivity index (χ0n) is 29.1. The fraction of sp³-hybridized carbons (Fsp3) is 0.556. The van der Waals surface area contributed by atoms with Crippen LogP contribution in [0.25, 0.3) is 10.9 Å². The minimum atomic E-state index is -1.29. The quantitative estimate of drug-likeness (QED) is 0.137. The van der Waals surface area contributed by atoms with Crippen molar-refractivity contribution in [2.45, 2.75) is 89.1 Å². The molecule has 0 spiro atoms. The van der Waals surface area contributed by atoms with E-state index in [-0.39, 0.29) is 41.8 Å². The molecule has 13 nitrogen and oxygen atoms in total. The normalized spacial score (nSPS) is 23.9. The van der Waals surface area contributed by atoms with Crippen molar-refractivity contribution in [3.05, 3.63) is 42.6 Å². The van der Waals surface area contributed by atoms with Crippen LogP contribution >= 0.6 is 15.9 Å². The lowest BCUT2D eigenvalue weighted by Gasteiger charge is -2.35. The van der Waals surface area contributed by atoms with Crippen molar-refractivity contribution >= 4 is 56.5 Å². The van der Waals surface area contributed by atoms with Gasteiger partial charge < -0.3 is 34.5 Å². The van der Waals surface area contributed by atoms with Gasteiger partial charge in [-0.3, -0.25) is 14.4 Å². The number of alkyl halides is 1. The van der Waals surface area contributed by atoms with Crippen molar-refractivity contribution in [1.29, 1.82) is 0 Å². The van der Waals surface area contributed by atoms with Crippen molar-refractivity contribution in [2.75, 3.05) is 26.1 Å². The van der Waals surface area contributed by atoms with Gasteiger partial charge in [0.05, 0.1) is 31.6 Å². The molecule has 0 radical (unpaired) electrons. The molecule has 3 aliphatic rings. The number of Topliss-reactive ketones (excluding diaryl/α,β-unsaturated/α-hetero) is 1. The molecule has 14 heteroatoms. The number of carbonyl (C=O) groups excluding carboxylic acids is 5. The van der Waals surface area contributed by atoms with Gasteiger partial charge in [-0.1, -0.05) is 42.8 Å². The second kappa shape index (κ2) is 15.0. The number of alkyl carbamates (subject to hydrolysis) is 1. The maximum atomic E-state index is 14.5. The average molecular weight is 758 g/mol. The van der Waals surface area contributed by atoms with Gasteiger partial charge in [0.25, 0.3) is 0 Å². The summed E-state index contributed by atoms with van der Waals surface area (Å²) in [6.07, 6.45) is 3.80. The number of aromatic nitrogens is 1. The number of benzene rings is 1. The molecule has 1 aromatic carbocycles. The molecule has 3 amide bonds. The number of amides is 3. The maximum absolute atomic E-state index is 14.5. The number of nitrogens with one attached hydrogen (secondary N) is 2. The number of fused-ring (bicyclic) bond motifs is 1. The molecule has 2 N–H and O–H groups in total. The van der Waals surface area contributed by atoms with E-state index >= 15 is 0 Å². The van der Waals surface area contributed by atoms with Gasteiger partial charge >= 0.3 is 12.1 Å². The Bertz CT molecular complexity index is 1670. The predicted molar refractivity (Wildman–Crippen MR) is 187 cm³/mol. The van der Waals surface area contributed by atoms with Gasteiger partial charge in [-0.2, -0.15) is 0 Å². The van der Waals surface area contributed by atoms with Crippen LogP contribution in [0.3, 0.4) is 0 Å². The Morgan fingerprint density at radius 2 is 1.84 bits per heavy atom. The molecule has 2 heterocycles. The summed E-state index contributed by atoms with van der Waals surface area (Å²) in [6, 6.07) is 4.61. The summed E-state index contributed by atoms with van der Waals surface area (Å²) in [6.45, 7) is 9.20.